The predicted octanol–water partition coefficient (Wildman–Crippen LogP) is 1.85. The van der Waals surface area contributed by atoms with Gasteiger partial charge < -0.3 is 15.5 Å². The maximum absolute atomic E-state index is 11.6. The van der Waals surface area contributed by atoms with Gasteiger partial charge in [0.2, 0.25) is 5.91 Å². The van der Waals surface area contributed by atoms with Crippen molar-refractivity contribution >= 4 is 11.9 Å². The summed E-state index contributed by atoms with van der Waals surface area (Å²) in [5, 5.41) is 6.65. The molecule has 0 aromatic carbocycles. The van der Waals surface area contributed by atoms with E-state index in [0.29, 0.717) is 5.41 Å². The molecule has 0 atom stereocenters. The van der Waals surface area contributed by atoms with Crippen molar-refractivity contribution in [3.63, 3.8) is 0 Å². The van der Waals surface area contributed by atoms with Gasteiger partial charge in [-0.3, -0.25) is 4.79 Å². The lowest BCUT2D eigenvalue weighted by Crippen LogP contribution is -2.47. The monoisotopic (exact) mass is 296 g/mol. The highest BCUT2D eigenvalue weighted by molar-refractivity contribution is 5.84. The molecule has 1 saturated carbocycles. The Hall–Kier alpha value is -1.26. The zero-order valence-corrected chi connectivity index (χ0v) is 14.3. The standard InChI is InChI=1S/C16H32N4O/c1-6-17-15(18-11-14(21)20(4)5)19-12-16(8-7-9-16)10-13(2)3/h13H,6-12H2,1-5H3,(H2,17,18,19). The van der Waals surface area contributed by atoms with Crippen LogP contribution < -0.4 is 10.6 Å². The van der Waals surface area contributed by atoms with Crippen LogP contribution in [0.1, 0.15) is 46.5 Å². The van der Waals surface area contributed by atoms with Crippen LogP contribution in [0.3, 0.4) is 0 Å². The molecule has 21 heavy (non-hydrogen) atoms. The first-order chi connectivity index (χ1) is 9.88. The Labute approximate surface area is 129 Å². The summed E-state index contributed by atoms with van der Waals surface area (Å²) in [6.07, 6.45) is 5.19. The van der Waals surface area contributed by atoms with Crippen LogP contribution in [0.25, 0.3) is 0 Å². The zero-order valence-electron chi connectivity index (χ0n) is 14.3. The molecule has 0 aliphatic heterocycles. The number of hydrogen-bond acceptors (Lipinski definition) is 2. The number of carbonyl (C=O) groups excluding carboxylic acids is 1. The van der Waals surface area contributed by atoms with Crippen molar-refractivity contribution in [1.82, 2.24) is 15.5 Å². The highest BCUT2D eigenvalue weighted by atomic mass is 16.2. The summed E-state index contributed by atoms with van der Waals surface area (Å²) in [6, 6.07) is 0. The van der Waals surface area contributed by atoms with Crippen molar-refractivity contribution in [3.8, 4) is 0 Å². The Kier molecular flexibility index (Phi) is 6.99. The van der Waals surface area contributed by atoms with Crippen molar-refractivity contribution in [1.29, 1.82) is 0 Å². The number of carbonyl (C=O) groups is 1. The summed E-state index contributed by atoms with van der Waals surface area (Å²) in [5.74, 6) is 1.50. The molecule has 5 heteroatoms. The first-order valence-corrected chi connectivity index (χ1v) is 8.11. The molecule has 0 heterocycles. The molecule has 122 valence electrons. The number of amides is 1. The molecule has 0 aromatic heterocycles. The molecule has 0 aromatic rings. The second-order valence-electron chi connectivity index (χ2n) is 6.79. The number of aliphatic imine (C=N–C) groups is 1. The molecule has 1 fully saturated rings. The lowest BCUT2D eigenvalue weighted by molar-refractivity contribution is -0.127. The zero-order chi connectivity index (χ0) is 15.9. The Morgan fingerprint density at radius 1 is 1.29 bits per heavy atom. The fourth-order valence-electron chi connectivity index (χ4n) is 2.90. The molecular formula is C16H32N4O. The van der Waals surface area contributed by atoms with Gasteiger partial charge in [0.05, 0.1) is 0 Å². The molecule has 0 saturated heterocycles. The topological polar surface area (TPSA) is 56.7 Å². The Morgan fingerprint density at radius 3 is 2.38 bits per heavy atom. The van der Waals surface area contributed by atoms with E-state index >= 15 is 0 Å². The van der Waals surface area contributed by atoms with Gasteiger partial charge in [0.25, 0.3) is 0 Å². The number of hydrogen-bond donors (Lipinski definition) is 2. The predicted molar refractivity (Wildman–Crippen MR) is 88.4 cm³/mol. The van der Waals surface area contributed by atoms with Gasteiger partial charge in [0.1, 0.15) is 6.54 Å². The Balaban J connectivity index is 2.53. The molecule has 0 bridgehead atoms. The van der Waals surface area contributed by atoms with E-state index in [-0.39, 0.29) is 12.5 Å². The van der Waals surface area contributed by atoms with E-state index in [0.717, 1.165) is 25.0 Å². The summed E-state index contributed by atoms with van der Waals surface area (Å²) in [5.41, 5.74) is 0.427. The summed E-state index contributed by atoms with van der Waals surface area (Å²) >= 11 is 0. The molecule has 0 unspecified atom stereocenters. The van der Waals surface area contributed by atoms with Crippen molar-refractivity contribution < 1.29 is 4.79 Å². The molecule has 5 nitrogen and oxygen atoms in total. The van der Waals surface area contributed by atoms with Crippen molar-refractivity contribution in [2.75, 3.05) is 33.7 Å². The number of guanidine groups is 1. The number of nitrogens with one attached hydrogen (secondary N) is 2. The van der Waals surface area contributed by atoms with E-state index in [1.807, 2.05) is 6.92 Å². The minimum atomic E-state index is 0.0211. The van der Waals surface area contributed by atoms with E-state index in [9.17, 15) is 4.79 Å². The summed E-state index contributed by atoms with van der Waals surface area (Å²) in [4.78, 5) is 17.6. The average molecular weight is 296 g/mol. The summed E-state index contributed by atoms with van der Waals surface area (Å²) in [6.45, 7) is 8.56. The molecule has 1 amide bonds. The Morgan fingerprint density at radius 2 is 1.95 bits per heavy atom. The quantitative estimate of drug-likeness (QED) is 0.557. The normalized spacial score (nSPS) is 17.3. The van der Waals surface area contributed by atoms with Crippen LogP contribution in [-0.2, 0) is 4.79 Å². The third-order valence-corrected chi connectivity index (χ3v) is 4.10. The highest BCUT2D eigenvalue weighted by Gasteiger charge is 2.37. The van der Waals surface area contributed by atoms with Crippen LogP contribution in [0.2, 0.25) is 0 Å². The number of likely N-dealkylation sites (N-methyl/N-ethyl adjacent to an activating group) is 1. The van der Waals surface area contributed by atoms with Gasteiger partial charge in [-0.15, -0.1) is 0 Å². The second-order valence-corrected chi connectivity index (χ2v) is 6.79. The lowest BCUT2D eigenvalue weighted by atomic mass is 9.64. The molecular weight excluding hydrogens is 264 g/mol. The summed E-state index contributed by atoms with van der Waals surface area (Å²) < 4.78 is 0. The van der Waals surface area contributed by atoms with Crippen LogP contribution in [0.5, 0.6) is 0 Å². The average Bonchev–Trinajstić information content (AvgIpc) is 2.37. The maximum Gasteiger partial charge on any atom is 0.243 e. The van der Waals surface area contributed by atoms with Crippen LogP contribution in [0.4, 0.5) is 0 Å². The van der Waals surface area contributed by atoms with Gasteiger partial charge in [0.15, 0.2) is 5.96 Å². The van der Waals surface area contributed by atoms with Crippen LogP contribution in [-0.4, -0.2) is 50.5 Å². The third kappa shape index (κ3) is 5.94. The van der Waals surface area contributed by atoms with E-state index < -0.39 is 0 Å². The fourth-order valence-corrected chi connectivity index (χ4v) is 2.90. The molecule has 0 radical (unpaired) electrons. The molecule has 2 N–H and O–H groups in total. The summed E-state index contributed by atoms with van der Waals surface area (Å²) in [7, 11) is 3.51. The maximum atomic E-state index is 11.6. The molecule has 0 spiro atoms. The lowest BCUT2D eigenvalue weighted by Gasteiger charge is -2.43. The minimum absolute atomic E-state index is 0.0211. The van der Waals surface area contributed by atoms with E-state index in [4.69, 9.17) is 0 Å². The Bertz CT molecular complexity index is 359. The van der Waals surface area contributed by atoms with E-state index in [1.54, 1.807) is 19.0 Å². The van der Waals surface area contributed by atoms with Gasteiger partial charge in [0, 0.05) is 27.2 Å². The molecule has 1 rings (SSSR count). The van der Waals surface area contributed by atoms with Gasteiger partial charge in [-0.05, 0) is 37.5 Å². The third-order valence-electron chi connectivity index (χ3n) is 4.10. The fraction of sp³-hybridized carbons (Fsp3) is 0.875. The van der Waals surface area contributed by atoms with Gasteiger partial charge >= 0.3 is 0 Å². The van der Waals surface area contributed by atoms with Crippen LogP contribution in [0, 0.1) is 11.3 Å². The van der Waals surface area contributed by atoms with Crippen LogP contribution >= 0.6 is 0 Å². The second kappa shape index (κ2) is 8.25. The molecule has 1 aliphatic carbocycles. The largest absolute Gasteiger partial charge is 0.357 e. The van der Waals surface area contributed by atoms with Crippen molar-refractivity contribution in [2.24, 2.45) is 16.3 Å². The highest BCUT2D eigenvalue weighted by Crippen LogP contribution is 2.45. The smallest absolute Gasteiger partial charge is 0.243 e. The number of nitrogens with zero attached hydrogens (tertiary/aromatic N) is 2. The van der Waals surface area contributed by atoms with Crippen LogP contribution in [0.15, 0.2) is 4.99 Å². The van der Waals surface area contributed by atoms with Gasteiger partial charge in [-0.25, -0.2) is 4.99 Å². The van der Waals surface area contributed by atoms with Crippen molar-refractivity contribution in [3.05, 3.63) is 0 Å². The number of rotatable bonds is 7. The molecule has 1 aliphatic rings. The first-order valence-electron chi connectivity index (χ1n) is 8.11. The van der Waals surface area contributed by atoms with Crippen molar-refractivity contribution in [2.45, 2.75) is 46.5 Å². The minimum Gasteiger partial charge on any atom is -0.357 e. The van der Waals surface area contributed by atoms with Gasteiger partial charge in [-0.1, -0.05) is 20.3 Å². The first kappa shape index (κ1) is 17.8. The van der Waals surface area contributed by atoms with Gasteiger partial charge in [-0.2, -0.15) is 0 Å². The SMILES string of the molecule is CCNC(=NCC(=O)N(C)C)NCC1(CC(C)C)CCC1. The van der Waals surface area contributed by atoms with E-state index in [2.05, 4.69) is 29.5 Å². The van der Waals surface area contributed by atoms with E-state index in [1.165, 1.54) is 25.7 Å².